The van der Waals surface area contributed by atoms with E-state index in [2.05, 4.69) is 12.2 Å². The molecular formula is C17H20N2O. The van der Waals surface area contributed by atoms with Crippen molar-refractivity contribution in [2.24, 2.45) is 0 Å². The predicted molar refractivity (Wildman–Crippen MR) is 80.9 cm³/mol. The number of hydrogen-bond donors (Lipinski definition) is 1. The van der Waals surface area contributed by atoms with Crippen LogP contribution in [0.25, 0.3) is 10.9 Å². The second kappa shape index (κ2) is 5.23. The van der Waals surface area contributed by atoms with E-state index in [0.717, 1.165) is 28.6 Å². The first-order valence-corrected chi connectivity index (χ1v) is 7.39. The van der Waals surface area contributed by atoms with Crippen molar-refractivity contribution in [3.8, 4) is 0 Å². The number of carbonyl (C=O) groups excluding carboxylic acids is 1. The number of nitrogens with zero attached hydrogens (tertiary/aromatic N) is 1. The Balaban J connectivity index is 2.05. The Kier molecular flexibility index (Phi) is 3.43. The molecule has 20 heavy (non-hydrogen) atoms. The van der Waals surface area contributed by atoms with Crippen LogP contribution in [0.5, 0.6) is 0 Å². The molecule has 0 radical (unpaired) electrons. The molecule has 1 aromatic carbocycles. The van der Waals surface area contributed by atoms with E-state index in [4.69, 9.17) is 4.98 Å². The summed E-state index contributed by atoms with van der Waals surface area (Å²) in [7, 11) is 0. The Morgan fingerprint density at radius 3 is 2.85 bits per heavy atom. The molecule has 3 heteroatoms. The van der Waals surface area contributed by atoms with Gasteiger partial charge in [0.25, 0.3) is 5.91 Å². The maximum atomic E-state index is 12.5. The molecule has 1 atom stereocenters. The van der Waals surface area contributed by atoms with Gasteiger partial charge in [-0.1, -0.05) is 25.1 Å². The maximum Gasteiger partial charge on any atom is 0.252 e. The minimum atomic E-state index is 0.0138. The highest BCUT2D eigenvalue weighted by atomic mass is 16.1. The molecule has 1 aliphatic rings. The number of aromatic nitrogens is 1. The number of fused-ring (bicyclic) bond motifs is 1. The quantitative estimate of drug-likeness (QED) is 0.919. The summed E-state index contributed by atoms with van der Waals surface area (Å²) in [6, 6.07) is 10.1. The number of hydrogen-bond acceptors (Lipinski definition) is 2. The van der Waals surface area contributed by atoms with Crippen LogP contribution in [-0.4, -0.2) is 16.9 Å². The SMILES string of the molecule is CCC(C)NC(=O)c1cc(C2CC2)nc2ccccc12. The van der Waals surface area contributed by atoms with Gasteiger partial charge >= 0.3 is 0 Å². The van der Waals surface area contributed by atoms with Crippen molar-refractivity contribution in [1.29, 1.82) is 0 Å². The van der Waals surface area contributed by atoms with Gasteiger partial charge in [0.1, 0.15) is 0 Å². The van der Waals surface area contributed by atoms with Crippen LogP contribution in [0.15, 0.2) is 30.3 Å². The van der Waals surface area contributed by atoms with Gasteiger partial charge < -0.3 is 5.32 Å². The largest absolute Gasteiger partial charge is 0.350 e. The van der Waals surface area contributed by atoms with Gasteiger partial charge in [-0.25, -0.2) is 0 Å². The van der Waals surface area contributed by atoms with Crippen LogP contribution in [0.4, 0.5) is 0 Å². The monoisotopic (exact) mass is 268 g/mol. The van der Waals surface area contributed by atoms with E-state index in [1.54, 1.807) is 0 Å². The van der Waals surface area contributed by atoms with Gasteiger partial charge in [-0.2, -0.15) is 0 Å². The van der Waals surface area contributed by atoms with Crippen LogP contribution >= 0.6 is 0 Å². The molecule has 1 fully saturated rings. The van der Waals surface area contributed by atoms with Gasteiger partial charge in [-0.15, -0.1) is 0 Å². The van der Waals surface area contributed by atoms with Crippen LogP contribution < -0.4 is 5.32 Å². The lowest BCUT2D eigenvalue weighted by molar-refractivity contribution is 0.0941. The molecule has 1 heterocycles. The highest BCUT2D eigenvalue weighted by Gasteiger charge is 2.27. The van der Waals surface area contributed by atoms with E-state index < -0.39 is 0 Å². The number of carbonyl (C=O) groups is 1. The zero-order valence-corrected chi connectivity index (χ0v) is 12.0. The van der Waals surface area contributed by atoms with E-state index >= 15 is 0 Å². The summed E-state index contributed by atoms with van der Waals surface area (Å²) >= 11 is 0. The average molecular weight is 268 g/mol. The van der Waals surface area contributed by atoms with Crippen molar-refractivity contribution in [2.75, 3.05) is 0 Å². The molecule has 104 valence electrons. The van der Waals surface area contributed by atoms with Crippen LogP contribution in [0.1, 0.15) is 55.1 Å². The first-order chi connectivity index (χ1) is 9.69. The first kappa shape index (κ1) is 13.1. The predicted octanol–water partition coefficient (Wildman–Crippen LogP) is 3.64. The Labute approximate surface area is 119 Å². The number of pyridine rings is 1. The van der Waals surface area contributed by atoms with Crippen molar-refractivity contribution in [3.05, 3.63) is 41.6 Å². The number of amides is 1. The van der Waals surface area contributed by atoms with Crippen LogP contribution in [0.2, 0.25) is 0 Å². The van der Waals surface area contributed by atoms with Crippen molar-refractivity contribution >= 4 is 16.8 Å². The van der Waals surface area contributed by atoms with Crippen molar-refractivity contribution < 1.29 is 4.79 Å². The minimum absolute atomic E-state index is 0.0138. The Morgan fingerprint density at radius 2 is 2.15 bits per heavy atom. The van der Waals surface area contributed by atoms with Crippen molar-refractivity contribution in [3.63, 3.8) is 0 Å². The maximum absolute atomic E-state index is 12.5. The molecule has 1 amide bonds. The molecule has 0 spiro atoms. The molecule has 1 aliphatic carbocycles. The number of para-hydroxylation sites is 1. The number of nitrogens with one attached hydrogen (secondary N) is 1. The van der Waals surface area contributed by atoms with E-state index in [-0.39, 0.29) is 11.9 Å². The zero-order valence-electron chi connectivity index (χ0n) is 12.0. The normalized spacial score (nSPS) is 16.1. The topological polar surface area (TPSA) is 42.0 Å². The smallest absolute Gasteiger partial charge is 0.252 e. The molecule has 3 nitrogen and oxygen atoms in total. The van der Waals surface area contributed by atoms with Gasteiger partial charge in [0.15, 0.2) is 0 Å². The number of benzene rings is 1. The average Bonchev–Trinajstić information content (AvgIpc) is 3.30. The summed E-state index contributed by atoms with van der Waals surface area (Å²) in [6.07, 6.45) is 3.32. The van der Waals surface area contributed by atoms with E-state index in [0.29, 0.717) is 5.92 Å². The molecule has 2 aromatic rings. The molecule has 3 rings (SSSR count). The Morgan fingerprint density at radius 1 is 1.40 bits per heavy atom. The summed E-state index contributed by atoms with van der Waals surface area (Å²) in [6.45, 7) is 4.11. The molecule has 1 aromatic heterocycles. The fourth-order valence-electron chi connectivity index (χ4n) is 2.38. The molecule has 0 saturated heterocycles. The third-order valence-corrected chi connectivity index (χ3v) is 3.97. The molecule has 0 aliphatic heterocycles. The second-order valence-corrected chi connectivity index (χ2v) is 5.67. The molecule has 1 N–H and O–H groups in total. The fourth-order valence-corrected chi connectivity index (χ4v) is 2.38. The van der Waals surface area contributed by atoms with Gasteiger partial charge in [0.2, 0.25) is 0 Å². The van der Waals surface area contributed by atoms with Gasteiger partial charge in [-0.05, 0) is 38.3 Å². The van der Waals surface area contributed by atoms with Crippen LogP contribution in [0.3, 0.4) is 0 Å². The van der Waals surface area contributed by atoms with Crippen LogP contribution in [-0.2, 0) is 0 Å². The number of rotatable bonds is 4. The fraction of sp³-hybridized carbons (Fsp3) is 0.412. The van der Waals surface area contributed by atoms with Crippen LogP contribution in [0, 0.1) is 0 Å². The molecule has 1 saturated carbocycles. The van der Waals surface area contributed by atoms with Gasteiger partial charge in [0.05, 0.1) is 11.1 Å². The Bertz CT molecular complexity index is 646. The summed E-state index contributed by atoms with van der Waals surface area (Å²) < 4.78 is 0. The first-order valence-electron chi connectivity index (χ1n) is 7.39. The highest BCUT2D eigenvalue weighted by Crippen LogP contribution is 2.40. The standard InChI is InChI=1S/C17H20N2O/c1-3-11(2)18-17(20)14-10-16(12-8-9-12)19-15-7-5-4-6-13(14)15/h4-7,10-12H,3,8-9H2,1-2H3,(H,18,20). The second-order valence-electron chi connectivity index (χ2n) is 5.67. The van der Waals surface area contributed by atoms with E-state index in [1.165, 1.54) is 12.8 Å². The summed E-state index contributed by atoms with van der Waals surface area (Å²) in [5.74, 6) is 0.564. The molecule has 0 bridgehead atoms. The van der Waals surface area contributed by atoms with Crippen molar-refractivity contribution in [2.45, 2.75) is 45.1 Å². The summed E-state index contributed by atoms with van der Waals surface area (Å²) in [4.78, 5) is 17.2. The van der Waals surface area contributed by atoms with E-state index in [1.807, 2.05) is 37.3 Å². The lowest BCUT2D eigenvalue weighted by Crippen LogP contribution is -2.32. The Hall–Kier alpha value is -1.90. The van der Waals surface area contributed by atoms with Gasteiger partial charge in [-0.3, -0.25) is 9.78 Å². The molecular weight excluding hydrogens is 248 g/mol. The zero-order chi connectivity index (χ0) is 14.1. The lowest BCUT2D eigenvalue weighted by Gasteiger charge is -2.13. The minimum Gasteiger partial charge on any atom is -0.350 e. The molecule has 1 unspecified atom stereocenters. The lowest BCUT2D eigenvalue weighted by atomic mass is 10.0. The van der Waals surface area contributed by atoms with E-state index in [9.17, 15) is 4.79 Å². The van der Waals surface area contributed by atoms with Gasteiger partial charge in [0, 0.05) is 23.0 Å². The van der Waals surface area contributed by atoms with Crippen molar-refractivity contribution in [1.82, 2.24) is 10.3 Å². The summed E-state index contributed by atoms with van der Waals surface area (Å²) in [5.41, 5.74) is 2.75. The highest BCUT2D eigenvalue weighted by molar-refractivity contribution is 6.06. The third-order valence-electron chi connectivity index (χ3n) is 3.97. The third kappa shape index (κ3) is 2.53. The summed E-state index contributed by atoms with van der Waals surface area (Å²) in [5, 5.41) is 4.00.